The third kappa shape index (κ3) is 3.80. The number of halogens is 1. The van der Waals surface area contributed by atoms with Gasteiger partial charge in [0.25, 0.3) is 0 Å². The first-order valence-electron chi connectivity index (χ1n) is 5.26. The van der Waals surface area contributed by atoms with Gasteiger partial charge >= 0.3 is 0 Å². The molecule has 1 atom stereocenters. The first-order chi connectivity index (χ1) is 8.06. The zero-order valence-electron chi connectivity index (χ0n) is 9.87. The minimum atomic E-state index is -0.705. The Bertz CT molecular complexity index is 395. The number of aliphatic hydroxyl groups is 1. The van der Waals surface area contributed by atoms with Crippen molar-refractivity contribution in [1.29, 1.82) is 0 Å². The number of carbonyl (C=O) groups excluding carboxylic acids is 1. The van der Waals surface area contributed by atoms with Gasteiger partial charge in [-0.1, -0.05) is 6.07 Å². The van der Waals surface area contributed by atoms with Crippen LogP contribution in [-0.4, -0.2) is 37.3 Å². The normalized spacial score (nSPS) is 12.2. The quantitative estimate of drug-likeness (QED) is 0.740. The fourth-order valence-corrected chi connectivity index (χ4v) is 1.51. The lowest BCUT2D eigenvalue weighted by atomic mass is 10.1. The van der Waals surface area contributed by atoms with Crippen molar-refractivity contribution in [3.63, 3.8) is 0 Å². The molecule has 0 radical (unpaired) electrons. The van der Waals surface area contributed by atoms with Gasteiger partial charge in [0, 0.05) is 19.3 Å². The summed E-state index contributed by atoms with van der Waals surface area (Å²) < 4.78 is 18.2. The molecule has 0 amide bonds. The summed E-state index contributed by atoms with van der Waals surface area (Å²) in [4.78, 5) is 11.3. The number of hydrogen-bond donors (Lipinski definition) is 2. The molecule has 4 nitrogen and oxygen atoms in total. The van der Waals surface area contributed by atoms with Gasteiger partial charge in [0.15, 0.2) is 5.78 Å². The highest BCUT2D eigenvalue weighted by molar-refractivity contribution is 5.99. The number of aliphatic hydroxyl groups excluding tert-OH is 1. The van der Waals surface area contributed by atoms with Gasteiger partial charge < -0.3 is 15.2 Å². The second-order valence-corrected chi connectivity index (χ2v) is 3.71. The summed E-state index contributed by atoms with van der Waals surface area (Å²) in [5, 5.41) is 12.3. The molecule has 0 aliphatic heterocycles. The van der Waals surface area contributed by atoms with E-state index in [4.69, 9.17) is 4.74 Å². The molecule has 0 aromatic heterocycles. The Hall–Kier alpha value is -1.46. The van der Waals surface area contributed by atoms with Crippen molar-refractivity contribution in [2.45, 2.75) is 13.0 Å². The summed E-state index contributed by atoms with van der Waals surface area (Å²) in [6.45, 7) is 1.67. The predicted molar refractivity (Wildman–Crippen MR) is 62.8 cm³/mol. The molecule has 0 saturated carbocycles. The van der Waals surface area contributed by atoms with E-state index in [9.17, 15) is 14.3 Å². The Morgan fingerprint density at radius 3 is 2.88 bits per heavy atom. The highest BCUT2D eigenvalue weighted by Gasteiger charge is 2.13. The molecule has 5 heteroatoms. The molecule has 0 aliphatic rings. The van der Waals surface area contributed by atoms with Gasteiger partial charge in [0.2, 0.25) is 0 Å². The Morgan fingerprint density at radius 2 is 2.29 bits per heavy atom. The second kappa shape index (κ2) is 6.32. The van der Waals surface area contributed by atoms with Crippen LogP contribution in [0.15, 0.2) is 18.2 Å². The molecule has 0 spiro atoms. The van der Waals surface area contributed by atoms with Crippen LogP contribution in [0.5, 0.6) is 0 Å². The van der Waals surface area contributed by atoms with Gasteiger partial charge in [0.05, 0.1) is 18.3 Å². The van der Waals surface area contributed by atoms with Crippen molar-refractivity contribution in [1.82, 2.24) is 0 Å². The summed E-state index contributed by atoms with van der Waals surface area (Å²) in [5.41, 5.74) is 0.393. The van der Waals surface area contributed by atoms with Crippen LogP contribution >= 0.6 is 0 Å². The third-order valence-electron chi connectivity index (χ3n) is 2.25. The van der Waals surface area contributed by atoms with Crippen molar-refractivity contribution in [2.24, 2.45) is 0 Å². The van der Waals surface area contributed by atoms with Gasteiger partial charge in [-0.25, -0.2) is 4.39 Å². The van der Waals surface area contributed by atoms with E-state index in [0.717, 1.165) is 0 Å². The highest BCUT2D eigenvalue weighted by atomic mass is 19.1. The molecule has 1 rings (SSSR count). The number of hydrogen-bond acceptors (Lipinski definition) is 4. The number of ether oxygens (including phenoxy) is 1. The van der Waals surface area contributed by atoms with Crippen molar-refractivity contribution < 1.29 is 19.0 Å². The van der Waals surface area contributed by atoms with E-state index in [1.54, 1.807) is 6.07 Å². The van der Waals surface area contributed by atoms with Crippen LogP contribution in [0.3, 0.4) is 0 Å². The summed E-state index contributed by atoms with van der Waals surface area (Å²) in [5.74, 6) is -0.921. The van der Waals surface area contributed by atoms with Crippen LogP contribution in [0.25, 0.3) is 0 Å². The summed E-state index contributed by atoms with van der Waals surface area (Å²) in [7, 11) is 1.48. The number of ketones is 1. The number of Topliss-reactive ketones (excluding diaryl/α,β-unsaturated/α-hetero) is 1. The molecule has 0 saturated heterocycles. The van der Waals surface area contributed by atoms with E-state index < -0.39 is 11.9 Å². The van der Waals surface area contributed by atoms with E-state index in [1.165, 1.54) is 26.2 Å². The van der Waals surface area contributed by atoms with Gasteiger partial charge in [0.1, 0.15) is 5.82 Å². The van der Waals surface area contributed by atoms with Crippen LogP contribution in [0.4, 0.5) is 10.1 Å². The van der Waals surface area contributed by atoms with E-state index in [-0.39, 0.29) is 24.5 Å². The van der Waals surface area contributed by atoms with Crippen LogP contribution in [0.1, 0.15) is 17.3 Å². The maximum absolute atomic E-state index is 13.4. The number of rotatable bonds is 6. The molecule has 0 aliphatic carbocycles. The summed E-state index contributed by atoms with van der Waals surface area (Å²) >= 11 is 0. The molecule has 2 N–H and O–H groups in total. The molecule has 94 valence electrons. The topological polar surface area (TPSA) is 58.6 Å². The molecule has 0 bridgehead atoms. The zero-order valence-corrected chi connectivity index (χ0v) is 9.87. The van der Waals surface area contributed by atoms with Crippen LogP contribution in [-0.2, 0) is 4.74 Å². The van der Waals surface area contributed by atoms with Crippen LogP contribution in [0, 0.1) is 5.82 Å². The monoisotopic (exact) mass is 241 g/mol. The first-order valence-corrected chi connectivity index (χ1v) is 5.26. The number of benzene rings is 1. The molecule has 0 fully saturated rings. The molecule has 0 heterocycles. The Morgan fingerprint density at radius 1 is 1.59 bits per heavy atom. The van der Waals surface area contributed by atoms with E-state index in [0.29, 0.717) is 5.69 Å². The van der Waals surface area contributed by atoms with Crippen molar-refractivity contribution in [2.75, 3.05) is 25.6 Å². The van der Waals surface area contributed by atoms with Gasteiger partial charge in [-0.3, -0.25) is 4.79 Å². The van der Waals surface area contributed by atoms with Crippen molar-refractivity contribution in [3.05, 3.63) is 29.6 Å². The molecular weight excluding hydrogens is 225 g/mol. The Labute approximate surface area is 99.4 Å². The molecule has 0 unspecified atom stereocenters. The second-order valence-electron chi connectivity index (χ2n) is 3.71. The highest BCUT2D eigenvalue weighted by Crippen LogP contribution is 2.19. The minimum Gasteiger partial charge on any atom is -0.389 e. The average molecular weight is 241 g/mol. The minimum absolute atomic E-state index is 0.0112. The van der Waals surface area contributed by atoms with E-state index >= 15 is 0 Å². The van der Waals surface area contributed by atoms with Crippen molar-refractivity contribution in [3.8, 4) is 0 Å². The largest absolute Gasteiger partial charge is 0.389 e. The Balaban J connectivity index is 2.77. The lowest BCUT2D eigenvalue weighted by molar-refractivity contribution is 0.0727. The first kappa shape index (κ1) is 13.6. The number of methoxy groups -OCH3 is 1. The summed E-state index contributed by atoms with van der Waals surface area (Å²) in [6, 6.07) is 4.33. The molecular formula is C12H16FNO3. The maximum atomic E-state index is 13.4. The maximum Gasteiger partial charge on any atom is 0.164 e. The predicted octanol–water partition coefficient (Wildman–Crippen LogP) is 1.45. The smallest absolute Gasteiger partial charge is 0.164 e. The fourth-order valence-electron chi connectivity index (χ4n) is 1.51. The standard InChI is InChI=1S/C12H16FNO3/c1-8(15)12-10(13)4-3-5-11(12)14-6-9(16)7-17-2/h3-5,9,14,16H,6-7H2,1-2H3/t9-/m0/s1. The van der Waals surface area contributed by atoms with Gasteiger partial charge in [-0.2, -0.15) is 0 Å². The fraction of sp³-hybridized carbons (Fsp3) is 0.417. The SMILES string of the molecule is COC[C@@H](O)CNc1cccc(F)c1C(C)=O. The number of nitrogens with one attached hydrogen (secondary N) is 1. The van der Waals surface area contributed by atoms with E-state index in [1.807, 2.05) is 0 Å². The zero-order chi connectivity index (χ0) is 12.8. The number of anilines is 1. The number of carbonyl (C=O) groups is 1. The Kier molecular flexibility index (Phi) is 5.06. The van der Waals surface area contributed by atoms with Crippen LogP contribution < -0.4 is 5.32 Å². The summed E-state index contributed by atoms with van der Waals surface area (Å²) in [6.07, 6.45) is -0.705. The van der Waals surface area contributed by atoms with E-state index in [2.05, 4.69) is 5.32 Å². The van der Waals surface area contributed by atoms with Gasteiger partial charge in [-0.15, -0.1) is 0 Å². The van der Waals surface area contributed by atoms with Crippen LogP contribution in [0.2, 0.25) is 0 Å². The molecule has 17 heavy (non-hydrogen) atoms. The lowest BCUT2D eigenvalue weighted by Crippen LogP contribution is -2.24. The molecule has 1 aromatic carbocycles. The third-order valence-corrected chi connectivity index (χ3v) is 2.25. The lowest BCUT2D eigenvalue weighted by Gasteiger charge is -2.14. The van der Waals surface area contributed by atoms with Crippen molar-refractivity contribution >= 4 is 11.5 Å². The average Bonchev–Trinajstić information content (AvgIpc) is 2.26. The molecule has 1 aromatic rings. The van der Waals surface area contributed by atoms with Gasteiger partial charge in [-0.05, 0) is 19.1 Å².